The Morgan fingerprint density at radius 1 is 1.03 bits per heavy atom. The van der Waals surface area contributed by atoms with Crippen LogP contribution in [0, 0.1) is 0 Å². The fourth-order valence-corrected chi connectivity index (χ4v) is 4.58. The van der Waals surface area contributed by atoms with E-state index in [4.69, 9.17) is 14.7 Å². The van der Waals surface area contributed by atoms with E-state index in [1.54, 1.807) is 0 Å². The predicted octanol–water partition coefficient (Wildman–Crippen LogP) is 3.20. The van der Waals surface area contributed by atoms with Crippen LogP contribution < -0.4 is 15.5 Å². The van der Waals surface area contributed by atoms with Crippen LogP contribution in [0.4, 0.5) is 17.6 Å². The molecule has 34 heavy (non-hydrogen) atoms. The normalized spacial score (nSPS) is 18.1. The zero-order valence-corrected chi connectivity index (χ0v) is 20.5. The summed E-state index contributed by atoms with van der Waals surface area (Å²) in [5, 5.41) is 11.6. The average molecular weight is 465 g/mol. The quantitative estimate of drug-likeness (QED) is 0.552. The van der Waals surface area contributed by atoms with Crippen molar-refractivity contribution in [3.63, 3.8) is 0 Å². The van der Waals surface area contributed by atoms with Crippen molar-refractivity contribution in [1.82, 2.24) is 24.5 Å². The fraction of sp³-hybridized carbons (Fsp3) is 0.560. The van der Waals surface area contributed by atoms with Crippen molar-refractivity contribution < 1.29 is 4.74 Å². The van der Waals surface area contributed by atoms with Crippen LogP contribution in [0.25, 0.3) is 5.65 Å². The van der Waals surface area contributed by atoms with Crippen LogP contribution >= 0.6 is 0 Å². The molecule has 5 rings (SSSR count). The van der Waals surface area contributed by atoms with Crippen LogP contribution in [0.3, 0.4) is 0 Å². The maximum Gasteiger partial charge on any atom is 0.229 e. The molecular weight excluding hydrogens is 428 g/mol. The van der Waals surface area contributed by atoms with Gasteiger partial charge in [0.15, 0.2) is 5.65 Å². The van der Waals surface area contributed by atoms with Gasteiger partial charge < -0.3 is 25.2 Å². The lowest BCUT2D eigenvalue weighted by molar-refractivity contribution is 0.0903. The van der Waals surface area contributed by atoms with E-state index in [0.717, 1.165) is 63.4 Å². The summed E-state index contributed by atoms with van der Waals surface area (Å²) < 4.78 is 7.32. The molecule has 9 nitrogen and oxygen atoms in total. The zero-order chi connectivity index (χ0) is 23.5. The molecule has 0 radical (unpaired) electrons. The van der Waals surface area contributed by atoms with Gasteiger partial charge in [-0.1, -0.05) is 26.0 Å². The molecule has 0 atom stereocenters. The molecule has 2 aromatic heterocycles. The highest BCUT2D eigenvalue weighted by Crippen LogP contribution is 2.24. The van der Waals surface area contributed by atoms with Crippen LogP contribution in [0.15, 0.2) is 30.5 Å². The average Bonchev–Trinajstić information content (AvgIpc) is 3.29. The summed E-state index contributed by atoms with van der Waals surface area (Å²) in [6.45, 7) is 10.9. The van der Waals surface area contributed by atoms with Gasteiger partial charge in [0, 0.05) is 63.2 Å². The van der Waals surface area contributed by atoms with E-state index in [1.807, 2.05) is 10.7 Å². The van der Waals surface area contributed by atoms with Crippen molar-refractivity contribution in [2.45, 2.75) is 45.2 Å². The van der Waals surface area contributed by atoms with E-state index in [0.29, 0.717) is 30.4 Å². The van der Waals surface area contributed by atoms with E-state index in [9.17, 15) is 0 Å². The van der Waals surface area contributed by atoms with Gasteiger partial charge in [-0.2, -0.15) is 19.6 Å². The molecule has 0 spiro atoms. The fourth-order valence-electron chi connectivity index (χ4n) is 4.58. The molecule has 2 aliphatic heterocycles. The monoisotopic (exact) mass is 464 g/mol. The summed E-state index contributed by atoms with van der Waals surface area (Å²) in [5.41, 5.74) is 4.47. The van der Waals surface area contributed by atoms with Crippen molar-refractivity contribution in [1.29, 1.82) is 0 Å². The Bertz CT molecular complexity index is 1080. The summed E-state index contributed by atoms with van der Waals surface area (Å²) in [4.78, 5) is 14.4. The van der Waals surface area contributed by atoms with Crippen LogP contribution in [0.5, 0.6) is 0 Å². The number of hydrogen-bond donors (Lipinski definition) is 2. The maximum absolute atomic E-state index is 5.50. The first-order chi connectivity index (χ1) is 16.6. The topological polar surface area (TPSA) is 82.9 Å². The van der Waals surface area contributed by atoms with Crippen LogP contribution in [0.1, 0.15) is 43.7 Å². The number of benzene rings is 1. The maximum atomic E-state index is 5.50. The van der Waals surface area contributed by atoms with Crippen molar-refractivity contribution in [2.75, 3.05) is 62.0 Å². The lowest BCUT2D eigenvalue weighted by Gasteiger charge is -2.34. The summed E-state index contributed by atoms with van der Waals surface area (Å²) >= 11 is 0. The molecule has 1 aromatic carbocycles. The lowest BCUT2D eigenvalue weighted by Crippen LogP contribution is -2.44. The molecule has 0 saturated carbocycles. The van der Waals surface area contributed by atoms with Crippen molar-refractivity contribution in [2.24, 2.45) is 0 Å². The third-order valence-electron chi connectivity index (χ3n) is 6.83. The summed E-state index contributed by atoms with van der Waals surface area (Å²) in [6.07, 6.45) is 3.84. The van der Waals surface area contributed by atoms with Gasteiger partial charge in [0.05, 0.1) is 6.20 Å². The predicted molar refractivity (Wildman–Crippen MR) is 136 cm³/mol. The molecule has 0 bridgehead atoms. The minimum atomic E-state index is 0.330. The highest BCUT2D eigenvalue weighted by Gasteiger charge is 2.19. The largest absolute Gasteiger partial charge is 0.381 e. The Balaban J connectivity index is 1.33. The Morgan fingerprint density at radius 2 is 1.76 bits per heavy atom. The Labute approximate surface area is 201 Å². The minimum absolute atomic E-state index is 0.330. The Kier molecular flexibility index (Phi) is 6.82. The standard InChI is InChI=1S/C25H36N8O/c1-18(2)22-17-27-33-23(22)29-24(28-20-8-14-34-15-9-20)30-25(33)26-16-19-4-6-21(7-5-19)32-12-10-31(3)11-13-32/h4-7,17-18,20H,8-16H2,1-3H3,(H2,26,28,29,30). The summed E-state index contributed by atoms with van der Waals surface area (Å²) in [7, 11) is 2.18. The molecule has 0 amide bonds. The van der Waals surface area contributed by atoms with Crippen molar-refractivity contribution in [3.05, 3.63) is 41.6 Å². The molecular formula is C25H36N8O. The number of anilines is 3. The molecule has 2 saturated heterocycles. The Morgan fingerprint density at radius 3 is 2.47 bits per heavy atom. The van der Waals surface area contributed by atoms with Gasteiger partial charge in [-0.3, -0.25) is 0 Å². The number of nitrogens with zero attached hydrogens (tertiary/aromatic N) is 6. The molecule has 2 fully saturated rings. The van der Waals surface area contributed by atoms with Crippen LogP contribution in [-0.2, 0) is 11.3 Å². The zero-order valence-electron chi connectivity index (χ0n) is 20.5. The van der Waals surface area contributed by atoms with Gasteiger partial charge in [-0.25, -0.2) is 0 Å². The molecule has 2 aliphatic rings. The Hall–Kier alpha value is -2.91. The highest BCUT2D eigenvalue weighted by atomic mass is 16.5. The highest BCUT2D eigenvalue weighted by molar-refractivity contribution is 5.56. The number of aromatic nitrogens is 4. The molecule has 3 aromatic rings. The number of rotatable bonds is 7. The van der Waals surface area contributed by atoms with Crippen molar-refractivity contribution in [3.8, 4) is 0 Å². The number of nitrogens with one attached hydrogen (secondary N) is 2. The van der Waals surface area contributed by atoms with E-state index in [2.05, 4.69) is 70.7 Å². The van der Waals surface area contributed by atoms with E-state index < -0.39 is 0 Å². The second-order valence-electron chi connectivity index (χ2n) is 9.70. The first-order valence-electron chi connectivity index (χ1n) is 12.4. The SMILES string of the molecule is CC(C)c1cnn2c(NCc3ccc(N4CCN(C)CC4)cc3)nc(NC3CCOCC3)nc12. The first kappa shape index (κ1) is 22.9. The molecule has 9 heteroatoms. The number of fused-ring (bicyclic) bond motifs is 1. The van der Waals surface area contributed by atoms with Gasteiger partial charge in [0.1, 0.15) is 0 Å². The van der Waals surface area contributed by atoms with Gasteiger partial charge >= 0.3 is 0 Å². The van der Waals surface area contributed by atoms with Gasteiger partial charge in [-0.05, 0) is 43.5 Å². The van der Waals surface area contributed by atoms with E-state index >= 15 is 0 Å². The summed E-state index contributed by atoms with van der Waals surface area (Å²) in [5.74, 6) is 1.68. The lowest BCUT2D eigenvalue weighted by atomic mass is 10.1. The molecule has 182 valence electrons. The molecule has 0 aliphatic carbocycles. The second-order valence-corrected chi connectivity index (χ2v) is 9.70. The van der Waals surface area contributed by atoms with Gasteiger partial charge in [-0.15, -0.1) is 0 Å². The summed E-state index contributed by atoms with van der Waals surface area (Å²) in [6, 6.07) is 9.17. The second kappa shape index (κ2) is 10.1. The van der Waals surface area contributed by atoms with E-state index in [1.165, 1.54) is 11.3 Å². The van der Waals surface area contributed by atoms with E-state index in [-0.39, 0.29) is 0 Å². The smallest absolute Gasteiger partial charge is 0.229 e. The first-order valence-corrected chi connectivity index (χ1v) is 12.4. The molecule has 2 N–H and O–H groups in total. The number of hydrogen-bond acceptors (Lipinski definition) is 8. The van der Waals surface area contributed by atoms with Crippen LogP contribution in [-0.4, -0.2) is 77.0 Å². The van der Waals surface area contributed by atoms with Gasteiger partial charge in [0.2, 0.25) is 11.9 Å². The van der Waals surface area contributed by atoms with Crippen LogP contribution in [0.2, 0.25) is 0 Å². The molecule has 4 heterocycles. The minimum Gasteiger partial charge on any atom is -0.381 e. The molecule has 0 unspecified atom stereocenters. The third kappa shape index (κ3) is 5.10. The number of likely N-dealkylation sites (N-methyl/N-ethyl adjacent to an activating group) is 1. The van der Waals surface area contributed by atoms with Crippen molar-refractivity contribution >= 4 is 23.2 Å². The number of piperazine rings is 1. The van der Waals surface area contributed by atoms with Gasteiger partial charge in [0.25, 0.3) is 0 Å². The number of ether oxygens (including phenoxy) is 1. The third-order valence-corrected chi connectivity index (χ3v) is 6.83.